The van der Waals surface area contributed by atoms with Gasteiger partial charge < -0.3 is 23.6 Å². The fourth-order valence-corrected chi connectivity index (χ4v) is 4.29. The Morgan fingerprint density at radius 1 is 1.31 bits per heavy atom. The Hall–Kier alpha value is -1.44. The fourth-order valence-electron chi connectivity index (χ4n) is 4.29. The minimum Gasteiger partial charge on any atom is -0.381 e. The van der Waals surface area contributed by atoms with Crippen LogP contribution in [0, 0.1) is 18.8 Å². The summed E-state index contributed by atoms with van der Waals surface area (Å²) in [5, 5.41) is 3.79. The second-order valence-corrected chi connectivity index (χ2v) is 7.81. The number of rotatable bonds is 6. The molecular weight excluding hydrogens is 336 g/mol. The molecule has 7 nitrogen and oxygen atoms in total. The predicted molar refractivity (Wildman–Crippen MR) is 92.9 cm³/mol. The lowest BCUT2D eigenvalue weighted by molar-refractivity contribution is -0.121. The molecule has 3 aliphatic rings. The Morgan fingerprint density at radius 2 is 2.12 bits per heavy atom. The zero-order chi connectivity index (χ0) is 18.0. The number of nitrogens with zero attached hydrogens (tertiary/aromatic N) is 2. The molecule has 3 fully saturated rings. The van der Waals surface area contributed by atoms with Gasteiger partial charge in [0, 0.05) is 39.1 Å². The summed E-state index contributed by atoms with van der Waals surface area (Å²) in [5.41, 5.74) is 0.535. The second-order valence-electron chi connectivity index (χ2n) is 7.81. The van der Waals surface area contributed by atoms with Crippen molar-refractivity contribution in [2.24, 2.45) is 11.8 Å². The molecule has 1 aromatic rings. The molecule has 1 atom stereocenters. The highest BCUT2D eigenvalue weighted by atomic mass is 16.5. The summed E-state index contributed by atoms with van der Waals surface area (Å²) >= 11 is 0. The van der Waals surface area contributed by atoms with Gasteiger partial charge in [-0.15, -0.1) is 0 Å². The van der Waals surface area contributed by atoms with Crippen LogP contribution in [0.3, 0.4) is 0 Å². The van der Waals surface area contributed by atoms with E-state index in [1.54, 1.807) is 11.0 Å². The average molecular weight is 364 g/mol. The topological polar surface area (TPSA) is 74.0 Å². The van der Waals surface area contributed by atoms with Crippen LogP contribution in [0.25, 0.3) is 0 Å². The van der Waals surface area contributed by atoms with Crippen LogP contribution < -0.4 is 0 Å². The molecular formula is C19H28N2O5. The number of likely N-dealkylation sites (tertiary alicyclic amines) is 1. The number of ether oxygens (including phenoxy) is 3. The highest BCUT2D eigenvalue weighted by Gasteiger charge is 2.54. The number of hydrogen-bond acceptors (Lipinski definition) is 6. The van der Waals surface area contributed by atoms with Crippen molar-refractivity contribution in [3.63, 3.8) is 0 Å². The van der Waals surface area contributed by atoms with E-state index in [4.69, 9.17) is 18.7 Å². The van der Waals surface area contributed by atoms with E-state index in [1.165, 1.54) is 0 Å². The lowest BCUT2D eigenvalue weighted by atomic mass is 9.79. The van der Waals surface area contributed by atoms with Crippen molar-refractivity contribution in [3.05, 3.63) is 17.5 Å². The van der Waals surface area contributed by atoms with Crippen LogP contribution in [0.5, 0.6) is 0 Å². The Bertz CT molecular complexity index is 619. The molecule has 0 bridgehead atoms. The molecule has 1 unspecified atom stereocenters. The van der Waals surface area contributed by atoms with Gasteiger partial charge in [-0.1, -0.05) is 5.16 Å². The molecule has 1 amide bonds. The van der Waals surface area contributed by atoms with Crippen LogP contribution in [0.15, 0.2) is 10.6 Å². The maximum atomic E-state index is 12.4. The smallest absolute Gasteiger partial charge is 0.292 e. The maximum Gasteiger partial charge on any atom is 0.292 e. The third-order valence-electron chi connectivity index (χ3n) is 5.95. The largest absolute Gasteiger partial charge is 0.381 e. The lowest BCUT2D eigenvalue weighted by Gasteiger charge is -2.49. The highest BCUT2D eigenvalue weighted by Crippen LogP contribution is 2.42. The van der Waals surface area contributed by atoms with Crippen LogP contribution in [0.1, 0.15) is 41.9 Å². The number of amides is 1. The van der Waals surface area contributed by atoms with Crippen molar-refractivity contribution < 1.29 is 23.5 Å². The minimum atomic E-state index is -0.188. The molecule has 4 heterocycles. The summed E-state index contributed by atoms with van der Waals surface area (Å²) in [4.78, 5) is 14.2. The van der Waals surface area contributed by atoms with Gasteiger partial charge in [0.15, 0.2) is 0 Å². The van der Waals surface area contributed by atoms with E-state index in [0.717, 1.165) is 64.4 Å². The molecule has 0 aliphatic carbocycles. The number of aromatic nitrogens is 1. The van der Waals surface area contributed by atoms with Crippen molar-refractivity contribution in [1.82, 2.24) is 10.1 Å². The van der Waals surface area contributed by atoms with Crippen LogP contribution in [0.2, 0.25) is 0 Å². The monoisotopic (exact) mass is 364 g/mol. The third-order valence-corrected chi connectivity index (χ3v) is 5.95. The standard InChI is InChI=1S/C19H28N2O5/c1-14-10-17(26-20-14)18(22)21-12-19(13-21)16(5-9-25-19)4-8-24-11-15-2-6-23-7-3-15/h10,15-16H,2-9,11-13H2,1H3. The van der Waals surface area contributed by atoms with Gasteiger partial charge >= 0.3 is 0 Å². The Kier molecular flexibility index (Phi) is 5.29. The summed E-state index contributed by atoms with van der Waals surface area (Å²) in [6, 6.07) is 1.68. The highest BCUT2D eigenvalue weighted by molar-refractivity contribution is 5.92. The van der Waals surface area contributed by atoms with Gasteiger partial charge in [-0.25, -0.2) is 0 Å². The number of aryl methyl sites for hydroxylation is 1. The number of hydrogen-bond donors (Lipinski definition) is 0. The lowest BCUT2D eigenvalue weighted by Crippen LogP contribution is -2.66. The molecule has 0 saturated carbocycles. The van der Waals surface area contributed by atoms with Gasteiger partial charge in [-0.2, -0.15) is 0 Å². The van der Waals surface area contributed by atoms with Gasteiger partial charge in [0.1, 0.15) is 5.60 Å². The molecule has 4 rings (SSSR count). The zero-order valence-electron chi connectivity index (χ0n) is 15.4. The van der Waals surface area contributed by atoms with Crippen molar-refractivity contribution >= 4 is 5.91 Å². The molecule has 0 radical (unpaired) electrons. The molecule has 1 aromatic heterocycles. The van der Waals surface area contributed by atoms with Gasteiger partial charge in [0.2, 0.25) is 5.76 Å². The predicted octanol–water partition coefficient (Wildman–Crippen LogP) is 2.05. The van der Waals surface area contributed by atoms with Crippen LogP contribution in [-0.2, 0) is 14.2 Å². The van der Waals surface area contributed by atoms with E-state index in [0.29, 0.717) is 30.7 Å². The minimum absolute atomic E-state index is 0.0961. The Balaban J connectivity index is 1.22. The number of carbonyl (C=O) groups excluding carboxylic acids is 1. The molecule has 7 heteroatoms. The average Bonchev–Trinajstić information content (AvgIpc) is 3.24. The van der Waals surface area contributed by atoms with E-state index < -0.39 is 0 Å². The normalized spacial score (nSPS) is 25.6. The molecule has 144 valence electrons. The molecule has 0 N–H and O–H groups in total. The van der Waals surface area contributed by atoms with E-state index >= 15 is 0 Å². The van der Waals surface area contributed by atoms with E-state index in [-0.39, 0.29) is 11.5 Å². The Labute approximate surface area is 153 Å². The van der Waals surface area contributed by atoms with Crippen molar-refractivity contribution in [2.45, 2.75) is 38.2 Å². The molecule has 3 aliphatic heterocycles. The summed E-state index contributed by atoms with van der Waals surface area (Å²) in [6.07, 6.45) is 4.25. The summed E-state index contributed by atoms with van der Waals surface area (Å²) in [6.45, 7) is 7.18. The molecule has 1 spiro atoms. The van der Waals surface area contributed by atoms with Gasteiger partial charge in [0.25, 0.3) is 5.91 Å². The Morgan fingerprint density at radius 3 is 2.85 bits per heavy atom. The van der Waals surface area contributed by atoms with Crippen LogP contribution in [0.4, 0.5) is 0 Å². The van der Waals surface area contributed by atoms with Crippen molar-refractivity contribution in [1.29, 1.82) is 0 Å². The summed E-state index contributed by atoms with van der Waals surface area (Å²) in [5.74, 6) is 1.31. The first-order valence-corrected chi connectivity index (χ1v) is 9.68. The third kappa shape index (κ3) is 3.66. The van der Waals surface area contributed by atoms with E-state index in [1.807, 2.05) is 6.92 Å². The molecule has 26 heavy (non-hydrogen) atoms. The number of carbonyl (C=O) groups is 1. The fraction of sp³-hybridized carbons (Fsp3) is 0.789. The first-order valence-electron chi connectivity index (χ1n) is 9.68. The molecule has 3 saturated heterocycles. The van der Waals surface area contributed by atoms with E-state index in [9.17, 15) is 4.79 Å². The molecule has 0 aromatic carbocycles. The van der Waals surface area contributed by atoms with Gasteiger partial charge in [-0.3, -0.25) is 4.79 Å². The second kappa shape index (κ2) is 7.66. The van der Waals surface area contributed by atoms with Crippen molar-refractivity contribution in [2.75, 3.05) is 46.1 Å². The zero-order valence-corrected chi connectivity index (χ0v) is 15.4. The SMILES string of the molecule is Cc1cc(C(=O)N2CC3(C2)OCCC3CCOCC2CCOCC2)on1. The van der Waals surface area contributed by atoms with Crippen molar-refractivity contribution in [3.8, 4) is 0 Å². The summed E-state index contributed by atoms with van der Waals surface area (Å²) in [7, 11) is 0. The van der Waals surface area contributed by atoms with Crippen LogP contribution in [-0.4, -0.2) is 67.7 Å². The first kappa shape index (κ1) is 17.9. The van der Waals surface area contributed by atoms with Crippen LogP contribution >= 0.6 is 0 Å². The summed E-state index contributed by atoms with van der Waals surface area (Å²) < 4.78 is 22.4. The van der Waals surface area contributed by atoms with Gasteiger partial charge in [-0.05, 0) is 44.4 Å². The first-order chi connectivity index (χ1) is 12.7. The van der Waals surface area contributed by atoms with Gasteiger partial charge in [0.05, 0.1) is 18.8 Å². The quantitative estimate of drug-likeness (QED) is 0.719. The van der Waals surface area contributed by atoms with E-state index in [2.05, 4.69) is 5.16 Å². The maximum absolute atomic E-state index is 12.4.